The minimum atomic E-state index is 0.193. The van der Waals surface area contributed by atoms with E-state index in [0.717, 1.165) is 40.8 Å². The number of hydrogen-bond acceptors (Lipinski definition) is 3. The summed E-state index contributed by atoms with van der Waals surface area (Å²) in [5.74, 6) is 1.63. The van der Waals surface area contributed by atoms with Crippen LogP contribution in [0.2, 0.25) is 0 Å². The smallest absolute Gasteiger partial charge is 0.143 e. The quantitative estimate of drug-likeness (QED) is 0.834. The SMILES string of the molecule is COc1ccc(OC)c2c(CCCO)c[nH]c12. The number of hydrogen-bond donors (Lipinski definition) is 2. The lowest BCUT2D eigenvalue weighted by Crippen LogP contribution is -1.91. The van der Waals surface area contributed by atoms with Crippen molar-refractivity contribution >= 4 is 10.9 Å². The minimum Gasteiger partial charge on any atom is -0.496 e. The van der Waals surface area contributed by atoms with Gasteiger partial charge < -0.3 is 19.6 Å². The van der Waals surface area contributed by atoms with E-state index in [1.54, 1.807) is 14.2 Å². The Morgan fingerprint density at radius 2 is 1.88 bits per heavy atom. The van der Waals surface area contributed by atoms with Crippen molar-refractivity contribution in [2.45, 2.75) is 12.8 Å². The van der Waals surface area contributed by atoms with E-state index in [1.165, 1.54) is 0 Å². The van der Waals surface area contributed by atoms with Gasteiger partial charge in [-0.2, -0.15) is 0 Å². The summed E-state index contributed by atoms with van der Waals surface area (Å²) in [4.78, 5) is 3.20. The number of methoxy groups -OCH3 is 2. The summed E-state index contributed by atoms with van der Waals surface area (Å²) < 4.78 is 10.7. The second-order valence-corrected chi connectivity index (χ2v) is 3.86. The van der Waals surface area contributed by atoms with Crippen molar-refractivity contribution in [3.8, 4) is 11.5 Å². The number of nitrogens with one attached hydrogen (secondary N) is 1. The van der Waals surface area contributed by atoms with Gasteiger partial charge in [0.25, 0.3) is 0 Å². The lowest BCUT2D eigenvalue weighted by Gasteiger charge is -2.07. The van der Waals surface area contributed by atoms with Crippen molar-refractivity contribution in [3.63, 3.8) is 0 Å². The number of aryl methyl sites for hydroxylation is 1. The molecular formula is C13H17NO3. The van der Waals surface area contributed by atoms with E-state index in [0.29, 0.717) is 0 Å². The van der Waals surface area contributed by atoms with Crippen LogP contribution in [0.1, 0.15) is 12.0 Å². The number of ether oxygens (including phenoxy) is 2. The molecule has 1 heterocycles. The normalized spacial score (nSPS) is 10.8. The van der Waals surface area contributed by atoms with Crippen LogP contribution in [0.15, 0.2) is 18.3 Å². The molecule has 17 heavy (non-hydrogen) atoms. The third-order valence-electron chi connectivity index (χ3n) is 2.88. The zero-order valence-electron chi connectivity index (χ0n) is 10.1. The molecule has 1 aromatic heterocycles. The fourth-order valence-electron chi connectivity index (χ4n) is 2.06. The van der Waals surface area contributed by atoms with Gasteiger partial charge in [-0.25, -0.2) is 0 Å². The number of aliphatic hydroxyl groups is 1. The maximum Gasteiger partial charge on any atom is 0.143 e. The van der Waals surface area contributed by atoms with Gasteiger partial charge in [-0.3, -0.25) is 0 Å². The molecule has 92 valence electrons. The molecule has 0 saturated carbocycles. The summed E-state index contributed by atoms with van der Waals surface area (Å²) in [7, 11) is 3.31. The van der Waals surface area contributed by atoms with Gasteiger partial charge >= 0.3 is 0 Å². The first-order chi connectivity index (χ1) is 8.31. The summed E-state index contributed by atoms with van der Waals surface area (Å²) in [6, 6.07) is 3.78. The molecule has 0 aliphatic carbocycles. The van der Waals surface area contributed by atoms with E-state index in [2.05, 4.69) is 4.98 Å². The average Bonchev–Trinajstić information content (AvgIpc) is 2.79. The zero-order valence-corrected chi connectivity index (χ0v) is 10.1. The highest BCUT2D eigenvalue weighted by molar-refractivity contribution is 5.93. The maximum absolute atomic E-state index is 8.90. The molecule has 0 aliphatic rings. The highest BCUT2D eigenvalue weighted by Crippen LogP contribution is 2.35. The Morgan fingerprint density at radius 1 is 1.18 bits per heavy atom. The highest BCUT2D eigenvalue weighted by Gasteiger charge is 2.12. The van der Waals surface area contributed by atoms with E-state index in [4.69, 9.17) is 14.6 Å². The van der Waals surface area contributed by atoms with Crippen LogP contribution in [-0.4, -0.2) is 30.9 Å². The standard InChI is InChI=1S/C13H17NO3/c1-16-10-5-6-11(17-2)13-12(10)9(8-14-13)4-3-7-15/h5-6,8,14-15H,3-4,7H2,1-2H3. The van der Waals surface area contributed by atoms with E-state index < -0.39 is 0 Å². The van der Waals surface area contributed by atoms with Crippen LogP contribution >= 0.6 is 0 Å². The highest BCUT2D eigenvalue weighted by atomic mass is 16.5. The Balaban J connectivity index is 2.54. The maximum atomic E-state index is 8.90. The second-order valence-electron chi connectivity index (χ2n) is 3.86. The van der Waals surface area contributed by atoms with Gasteiger partial charge in [0.05, 0.1) is 19.7 Å². The molecule has 0 saturated heterocycles. The van der Waals surface area contributed by atoms with Crippen LogP contribution in [-0.2, 0) is 6.42 Å². The number of aromatic amines is 1. The first-order valence-corrected chi connectivity index (χ1v) is 5.63. The number of aromatic nitrogens is 1. The van der Waals surface area contributed by atoms with E-state index >= 15 is 0 Å². The third-order valence-corrected chi connectivity index (χ3v) is 2.88. The molecule has 0 radical (unpaired) electrons. The van der Waals surface area contributed by atoms with E-state index in [-0.39, 0.29) is 6.61 Å². The summed E-state index contributed by atoms with van der Waals surface area (Å²) >= 11 is 0. The van der Waals surface area contributed by atoms with Crippen molar-refractivity contribution in [1.82, 2.24) is 4.98 Å². The van der Waals surface area contributed by atoms with Gasteiger partial charge in [0.1, 0.15) is 11.5 Å². The Kier molecular flexibility index (Phi) is 3.54. The molecule has 0 amide bonds. The molecule has 4 nitrogen and oxygen atoms in total. The first kappa shape index (κ1) is 11.8. The minimum absolute atomic E-state index is 0.193. The summed E-state index contributed by atoms with van der Waals surface area (Å²) in [6.45, 7) is 0.193. The Bertz CT molecular complexity index is 505. The molecule has 4 heteroatoms. The van der Waals surface area contributed by atoms with Gasteiger partial charge in [-0.1, -0.05) is 0 Å². The monoisotopic (exact) mass is 235 g/mol. The first-order valence-electron chi connectivity index (χ1n) is 5.63. The fraction of sp³-hybridized carbons (Fsp3) is 0.385. The largest absolute Gasteiger partial charge is 0.496 e. The molecule has 0 fully saturated rings. The summed E-state index contributed by atoms with van der Waals surface area (Å²) in [6.07, 6.45) is 3.51. The zero-order chi connectivity index (χ0) is 12.3. The Morgan fingerprint density at radius 3 is 2.53 bits per heavy atom. The number of rotatable bonds is 5. The average molecular weight is 235 g/mol. The van der Waals surface area contributed by atoms with Crippen molar-refractivity contribution in [2.75, 3.05) is 20.8 Å². The molecule has 0 unspecified atom stereocenters. The lowest BCUT2D eigenvalue weighted by atomic mass is 10.1. The molecule has 2 aromatic rings. The van der Waals surface area contributed by atoms with Gasteiger partial charge in [-0.05, 0) is 30.5 Å². The van der Waals surface area contributed by atoms with Crippen molar-refractivity contribution in [2.24, 2.45) is 0 Å². The van der Waals surface area contributed by atoms with Gasteiger partial charge in [0, 0.05) is 18.2 Å². The molecule has 1 aromatic carbocycles. The van der Waals surface area contributed by atoms with Gasteiger partial charge in [0.15, 0.2) is 0 Å². The molecule has 0 bridgehead atoms. The van der Waals surface area contributed by atoms with Gasteiger partial charge in [0.2, 0.25) is 0 Å². The molecule has 0 aliphatic heterocycles. The molecule has 2 rings (SSSR count). The Hall–Kier alpha value is -1.68. The van der Waals surface area contributed by atoms with Crippen molar-refractivity contribution < 1.29 is 14.6 Å². The number of benzene rings is 1. The molecule has 0 spiro atoms. The van der Waals surface area contributed by atoms with Crippen LogP contribution in [0.4, 0.5) is 0 Å². The summed E-state index contributed by atoms with van der Waals surface area (Å²) in [5, 5.41) is 9.94. The van der Waals surface area contributed by atoms with Crippen LogP contribution in [0.3, 0.4) is 0 Å². The van der Waals surface area contributed by atoms with E-state index in [9.17, 15) is 0 Å². The predicted molar refractivity (Wildman–Crippen MR) is 66.8 cm³/mol. The number of H-pyrrole nitrogens is 1. The lowest BCUT2D eigenvalue weighted by molar-refractivity contribution is 0.288. The van der Waals surface area contributed by atoms with Crippen LogP contribution < -0.4 is 9.47 Å². The van der Waals surface area contributed by atoms with Crippen LogP contribution in [0.25, 0.3) is 10.9 Å². The number of aliphatic hydroxyl groups excluding tert-OH is 1. The second kappa shape index (κ2) is 5.10. The summed E-state index contributed by atoms with van der Waals surface area (Å²) in [5.41, 5.74) is 2.09. The predicted octanol–water partition coefficient (Wildman–Crippen LogP) is 2.11. The fourth-order valence-corrected chi connectivity index (χ4v) is 2.06. The van der Waals surface area contributed by atoms with Crippen molar-refractivity contribution in [3.05, 3.63) is 23.9 Å². The van der Waals surface area contributed by atoms with E-state index in [1.807, 2.05) is 18.3 Å². The molecule has 0 atom stereocenters. The molecule has 2 N–H and O–H groups in total. The van der Waals surface area contributed by atoms with Crippen LogP contribution in [0, 0.1) is 0 Å². The van der Waals surface area contributed by atoms with Gasteiger partial charge in [-0.15, -0.1) is 0 Å². The van der Waals surface area contributed by atoms with Crippen LogP contribution in [0.5, 0.6) is 11.5 Å². The number of fused-ring (bicyclic) bond motifs is 1. The third kappa shape index (κ3) is 2.08. The van der Waals surface area contributed by atoms with Crippen molar-refractivity contribution in [1.29, 1.82) is 0 Å². The molecular weight excluding hydrogens is 218 g/mol. The topological polar surface area (TPSA) is 54.5 Å². The Labute approximate surface area is 100 Å².